The molecule has 4 saturated carbocycles. The van der Waals surface area contributed by atoms with Gasteiger partial charge in [0.05, 0.1) is 5.60 Å². The SMILES string of the molecule is CC(=O)[C@H]1CCC[C@H]2[C@@H]3CC[C@@H]4CC[C@](C)(O)CC[C@@H]4[C@H]3CC(C)[C@@H]21. The van der Waals surface area contributed by atoms with Gasteiger partial charge in [-0.25, -0.2) is 0 Å². The second-order valence-electron chi connectivity index (χ2n) is 10.5. The summed E-state index contributed by atoms with van der Waals surface area (Å²) in [4.78, 5) is 12.3. The third-order valence-electron chi connectivity index (χ3n) is 9.03. The molecule has 0 radical (unpaired) electrons. The lowest BCUT2D eigenvalue weighted by molar-refractivity contribution is -0.132. The van der Waals surface area contributed by atoms with E-state index in [0.29, 0.717) is 23.5 Å². The number of hydrogen-bond donors (Lipinski definition) is 1. The van der Waals surface area contributed by atoms with Gasteiger partial charge >= 0.3 is 0 Å². The minimum Gasteiger partial charge on any atom is -0.390 e. The van der Waals surface area contributed by atoms with E-state index in [1.54, 1.807) is 0 Å². The Kier molecular flexibility index (Phi) is 4.80. The van der Waals surface area contributed by atoms with Gasteiger partial charge in [-0.3, -0.25) is 4.79 Å². The summed E-state index contributed by atoms with van der Waals surface area (Å²) < 4.78 is 0. The third kappa shape index (κ3) is 3.22. The van der Waals surface area contributed by atoms with Gasteiger partial charge in [-0.1, -0.05) is 13.3 Å². The Hall–Kier alpha value is -0.370. The van der Waals surface area contributed by atoms with E-state index in [2.05, 4.69) is 13.8 Å². The van der Waals surface area contributed by atoms with Gasteiger partial charge in [0.15, 0.2) is 0 Å². The first-order valence-corrected chi connectivity index (χ1v) is 11.1. The Bertz CT molecular complexity index is 510. The van der Waals surface area contributed by atoms with Crippen LogP contribution in [-0.2, 0) is 4.79 Å². The molecule has 4 rings (SSSR count). The van der Waals surface area contributed by atoms with E-state index in [9.17, 15) is 9.90 Å². The first-order valence-electron chi connectivity index (χ1n) is 11.1. The molecule has 2 heteroatoms. The first-order chi connectivity index (χ1) is 11.9. The van der Waals surface area contributed by atoms with Crippen molar-refractivity contribution in [1.29, 1.82) is 0 Å². The van der Waals surface area contributed by atoms with Crippen LogP contribution in [0.4, 0.5) is 0 Å². The smallest absolute Gasteiger partial charge is 0.133 e. The van der Waals surface area contributed by atoms with Gasteiger partial charge in [0.2, 0.25) is 0 Å². The standard InChI is InChI=1S/C23H38O2/c1-14-13-21-18-10-12-23(3,25)11-9-16(18)7-8-19(21)20-6-4-5-17(15(2)24)22(14)20/h14,16-22,25H,4-13H2,1-3H3/t14?,16-,17-,18+,19+,20+,21-,22-,23+/m1/s1. The molecule has 1 unspecified atom stereocenters. The lowest BCUT2D eigenvalue weighted by Gasteiger charge is -2.56. The van der Waals surface area contributed by atoms with Gasteiger partial charge in [-0.05, 0) is 113 Å². The van der Waals surface area contributed by atoms with Crippen LogP contribution in [0.1, 0.15) is 85.0 Å². The molecule has 4 aliphatic carbocycles. The second kappa shape index (κ2) is 6.66. The van der Waals surface area contributed by atoms with Gasteiger partial charge in [0.1, 0.15) is 5.78 Å². The van der Waals surface area contributed by atoms with Crippen LogP contribution in [0.2, 0.25) is 0 Å². The molecule has 4 fully saturated rings. The monoisotopic (exact) mass is 346 g/mol. The van der Waals surface area contributed by atoms with Gasteiger partial charge in [0.25, 0.3) is 0 Å². The fourth-order valence-corrected chi connectivity index (χ4v) is 7.93. The number of aliphatic hydroxyl groups is 1. The molecule has 0 aromatic rings. The van der Waals surface area contributed by atoms with Crippen LogP contribution in [0.5, 0.6) is 0 Å². The maximum absolute atomic E-state index is 12.3. The summed E-state index contributed by atoms with van der Waals surface area (Å²) >= 11 is 0. The van der Waals surface area contributed by atoms with Crippen LogP contribution < -0.4 is 0 Å². The van der Waals surface area contributed by atoms with Crippen molar-refractivity contribution in [3.63, 3.8) is 0 Å². The fraction of sp³-hybridized carbons (Fsp3) is 0.957. The molecule has 4 aliphatic rings. The van der Waals surface area contributed by atoms with Crippen LogP contribution in [0.15, 0.2) is 0 Å². The van der Waals surface area contributed by atoms with Crippen LogP contribution in [0.3, 0.4) is 0 Å². The number of Topliss-reactive ketones (excluding diaryl/α,β-unsaturated/α-hetero) is 1. The summed E-state index contributed by atoms with van der Waals surface area (Å²) in [7, 11) is 0. The molecule has 2 nitrogen and oxygen atoms in total. The lowest BCUT2D eigenvalue weighted by atomic mass is 9.48. The van der Waals surface area contributed by atoms with Gasteiger partial charge < -0.3 is 5.11 Å². The number of carbonyl (C=O) groups is 1. The van der Waals surface area contributed by atoms with Crippen molar-refractivity contribution in [2.75, 3.05) is 0 Å². The number of carbonyl (C=O) groups excluding carboxylic acids is 1. The van der Waals surface area contributed by atoms with E-state index < -0.39 is 5.60 Å². The Morgan fingerprint density at radius 1 is 0.920 bits per heavy atom. The van der Waals surface area contributed by atoms with E-state index in [1.165, 1.54) is 44.9 Å². The molecule has 9 atom stereocenters. The summed E-state index contributed by atoms with van der Waals surface area (Å²) in [6, 6.07) is 0. The van der Waals surface area contributed by atoms with Crippen LogP contribution in [-0.4, -0.2) is 16.5 Å². The van der Waals surface area contributed by atoms with Gasteiger partial charge in [0, 0.05) is 5.92 Å². The highest BCUT2D eigenvalue weighted by molar-refractivity contribution is 5.78. The Balaban J connectivity index is 1.57. The molecule has 0 heterocycles. The number of fused-ring (bicyclic) bond motifs is 5. The first kappa shape index (κ1) is 18.0. The molecule has 25 heavy (non-hydrogen) atoms. The predicted molar refractivity (Wildman–Crippen MR) is 101 cm³/mol. The molecule has 142 valence electrons. The van der Waals surface area contributed by atoms with Crippen LogP contribution >= 0.6 is 0 Å². The lowest BCUT2D eigenvalue weighted by Crippen LogP contribution is -2.50. The molecule has 0 aliphatic heterocycles. The third-order valence-corrected chi connectivity index (χ3v) is 9.03. The Labute approximate surface area is 154 Å². The van der Waals surface area contributed by atoms with Crippen molar-refractivity contribution in [2.24, 2.45) is 47.3 Å². The van der Waals surface area contributed by atoms with Crippen LogP contribution in [0, 0.1) is 47.3 Å². The van der Waals surface area contributed by atoms with Gasteiger partial charge in [-0.15, -0.1) is 0 Å². The zero-order valence-electron chi connectivity index (χ0n) is 16.5. The molecule has 0 amide bonds. The summed E-state index contributed by atoms with van der Waals surface area (Å²) in [6.45, 7) is 6.35. The summed E-state index contributed by atoms with van der Waals surface area (Å²) in [5.41, 5.74) is -0.430. The zero-order chi connectivity index (χ0) is 17.8. The molecular formula is C23H38O2. The zero-order valence-corrected chi connectivity index (χ0v) is 16.5. The largest absolute Gasteiger partial charge is 0.390 e. The van der Waals surface area contributed by atoms with Crippen molar-refractivity contribution in [3.05, 3.63) is 0 Å². The normalized spacial score (nSPS) is 53.1. The Morgan fingerprint density at radius 2 is 1.68 bits per heavy atom. The molecule has 1 N–H and O–H groups in total. The van der Waals surface area contributed by atoms with Crippen molar-refractivity contribution < 1.29 is 9.90 Å². The minimum absolute atomic E-state index is 0.349. The average molecular weight is 347 g/mol. The maximum Gasteiger partial charge on any atom is 0.133 e. The molecule has 0 spiro atoms. The van der Waals surface area contributed by atoms with Crippen LogP contribution in [0.25, 0.3) is 0 Å². The number of rotatable bonds is 1. The highest BCUT2D eigenvalue weighted by Crippen LogP contribution is 2.59. The topological polar surface area (TPSA) is 37.3 Å². The number of hydrogen-bond acceptors (Lipinski definition) is 2. The highest BCUT2D eigenvalue weighted by atomic mass is 16.3. The van der Waals surface area contributed by atoms with Crippen molar-refractivity contribution in [1.82, 2.24) is 0 Å². The second-order valence-corrected chi connectivity index (χ2v) is 10.5. The molecule has 0 saturated heterocycles. The average Bonchev–Trinajstić information content (AvgIpc) is 2.73. The van der Waals surface area contributed by atoms with Gasteiger partial charge in [-0.2, -0.15) is 0 Å². The molecule has 0 aromatic carbocycles. The number of ketones is 1. The summed E-state index contributed by atoms with van der Waals surface area (Å²) in [5.74, 6) is 6.42. The van der Waals surface area contributed by atoms with Crippen molar-refractivity contribution in [2.45, 2.75) is 90.6 Å². The minimum atomic E-state index is -0.430. The van der Waals surface area contributed by atoms with Crippen molar-refractivity contribution in [3.8, 4) is 0 Å². The molecule has 0 aromatic heterocycles. The summed E-state index contributed by atoms with van der Waals surface area (Å²) in [5, 5.41) is 10.6. The van der Waals surface area contributed by atoms with E-state index in [1.807, 2.05) is 6.92 Å². The highest BCUT2D eigenvalue weighted by Gasteiger charge is 2.53. The fourth-order valence-electron chi connectivity index (χ4n) is 7.93. The molecule has 0 bridgehead atoms. The maximum atomic E-state index is 12.3. The van der Waals surface area contributed by atoms with E-state index in [0.717, 1.165) is 48.9 Å². The Morgan fingerprint density at radius 3 is 2.44 bits per heavy atom. The predicted octanol–water partition coefficient (Wildman–Crippen LogP) is 5.23. The van der Waals surface area contributed by atoms with Crippen molar-refractivity contribution >= 4 is 5.78 Å². The van der Waals surface area contributed by atoms with E-state index in [-0.39, 0.29) is 0 Å². The van der Waals surface area contributed by atoms with E-state index in [4.69, 9.17) is 0 Å². The van der Waals surface area contributed by atoms with E-state index >= 15 is 0 Å². The quantitative estimate of drug-likeness (QED) is 0.706. The summed E-state index contributed by atoms with van der Waals surface area (Å²) in [6.07, 6.45) is 12.4. The molecular weight excluding hydrogens is 308 g/mol.